The summed E-state index contributed by atoms with van der Waals surface area (Å²) in [7, 11) is 1.62. The van der Waals surface area contributed by atoms with Crippen LogP contribution in [0.5, 0.6) is 0 Å². The van der Waals surface area contributed by atoms with Gasteiger partial charge < -0.3 is 16.0 Å². The molecule has 0 spiro atoms. The van der Waals surface area contributed by atoms with Crippen molar-refractivity contribution in [1.82, 2.24) is 16.0 Å². The minimum atomic E-state index is -4.32. The van der Waals surface area contributed by atoms with Gasteiger partial charge in [-0.15, -0.1) is 0 Å². The van der Waals surface area contributed by atoms with Gasteiger partial charge in [-0.2, -0.15) is 13.2 Å². The Hall–Kier alpha value is -1.76. The van der Waals surface area contributed by atoms with Gasteiger partial charge in [-0.05, 0) is 38.5 Å². The topological polar surface area (TPSA) is 48.5 Å². The van der Waals surface area contributed by atoms with E-state index in [1.54, 1.807) is 13.1 Å². The molecule has 1 aromatic carbocycles. The molecule has 0 fully saturated rings. The number of nitrogens with one attached hydrogen (secondary N) is 3. The molecule has 3 N–H and O–H groups in total. The molecular formula is C16H25F3N4. The Labute approximate surface area is 135 Å². The van der Waals surface area contributed by atoms with Crippen LogP contribution in [0.2, 0.25) is 0 Å². The van der Waals surface area contributed by atoms with Crippen LogP contribution in [0.15, 0.2) is 29.3 Å². The molecule has 0 amide bonds. The zero-order valence-electron chi connectivity index (χ0n) is 14.0. The Morgan fingerprint density at radius 3 is 2.35 bits per heavy atom. The highest BCUT2D eigenvalue weighted by Crippen LogP contribution is 2.29. The lowest BCUT2D eigenvalue weighted by atomic mass is 10.1. The number of benzene rings is 1. The first kappa shape index (κ1) is 19.3. The molecule has 0 atom stereocenters. The Morgan fingerprint density at radius 1 is 1.09 bits per heavy atom. The number of hydrogen-bond acceptors (Lipinski definition) is 2. The number of nitrogens with zero attached hydrogens (tertiary/aromatic N) is 1. The van der Waals surface area contributed by atoms with Crippen LogP contribution in [0.4, 0.5) is 13.2 Å². The largest absolute Gasteiger partial charge is 0.416 e. The van der Waals surface area contributed by atoms with Gasteiger partial charge in [0, 0.05) is 32.2 Å². The second kappa shape index (κ2) is 8.19. The van der Waals surface area contributed by atoms with Gasteiger partial charge in [0.25, 0.3) is 0 Å². The number of rotatable bonds is 5. The SMILES string of the molecule is CN=C(NCCNC(C)(C)C)NCc1cccc(C(F)(F)F)c1. The molecule has 1 aromatic rings. The summed E-state index contributed by atoms with van der Waals surface area (Å²) in [6.45, 7) is 7.93. The van der Waals surface area contributed by atoms with E-state index in [1.807, 2.05) is 0 Å². The van der Waals surface area contributed by atoms with E-state index in [4.69, 9.17) is 0 Å². The molecule has 0 aliphatic rings. The first-order valence-electron chi connectivity index (χ1n) is 7.47. The minimum Gasteiger partial charge on any atom is -0.355 e. The van der Waals surface area contributed by atoms with Crippen LogP contribution in [0.1, 0.15) is 31.9 Å². The minimum absolute atomic E-state index is 0.0384. The number of alkyl halides is 3. The predicted octanol–water partition coefficient (Wildman–Crippen LogP) is 2.76. The summed E-state index contributed by atoms with van der Waals surface area (Å²) in [6, 6.07) is 5.26. The van der Waals surface area contributed by atoms with E-state index in [0.717, 1.165) is 18.7 Å². The molecule has 0 aromatic heterocycles. The lowest BCUT2D eigenvalue weighted by Crippen LogP contribution is -2.44. The maximum Gasteiger partial charge on any atom is 0.416 e. The maximum atomic E-state index is 12.7. The molecule has 0 radical (unpaired) electrons. The van der Waals surface area contributed by atoms with Gasteiger partial charge in [0.2, 0.25) is 0 Å². The standard InChI is InChI=1S/C16H25F3N4/c1-15(2,3)23-9-8-21-14(20-4)22-11-12-6-5-7-13(10-12)16(17,18)19/h5-7,10,23H,8-9,11H2,1-4H3,(H2,20,21,22). The Balaban J connectivity index is 2.46. The van der Waals surface area contributed by atoms with E-state index in [-0.39, 0.29) is 12.1 Å². The lowest BCUT2D eigenvalue weighted by Gasteiger charge is -2.21. The average Bonchev–Trinajstić information content (AvgIpc) is 2.45. The van der Waals surface area contributed by atoms with Crippen molar-refractivity contribution in [3.05, 3.63) is 35.4 Å². The number of guanidine groups is 1. The van der Waals surface area contributed by atoms with E-state index in [1.165, 1.54) is 6.07 Å². The fourth-order valence-corrected chi connectivity index (χ4v) is 1.88. The van der Waals surface area contributed by atoms with Gasteiger partial charge in [0.1, 0.15) is 0 Å². The fourth-order valence-electron chi connectivity index (χ4n) is 1.88. The van der Waals surface area contributed by atoms with E-state index in [0.29, 0.717) is 18.1 Å². The van der Waals surface area contributed by atoms with Gasteiger partial charge in [-0.3, -0.25) is 4.99 Å². The molecule has 0 unspecified atom stereocenters. The van der Waals surface area contributed by atoms with Gasteiger partial charge in [0.05, 0.1) is 5.56 Å². The molecule has 130 valence electrons. The summed E-state index contributed by atoms with van der Waals surface area (Å²) in [6.07, 6.45) is -4.32. The molecule has 4 nitrogen and oxygen atoms in total. The van der Waals surface area contributed by atoms with Crippen LogP contribution < -0.4 is 16.0 Å². The van der Waals surface area contributed by atoms with Crippen molar-refractivity contribution in [1.29, 1.82) is 0 Å². The van der Waals surface area contributed by atoms with Gasteiger partial charge >= 0.3 is 6.18 Å². The van der Waals surface area contributed by atoms with Crippen LogP contribution in [-0.4, -0.2) is 31.6 Å². The molecular weight excluding hydrogens is 305 g/mol. The summed E-state index contributed by atoms with van der Waals surface area (Å²) in [5.74, 6) is 0.554. The van der Waals surface area contributed by atoms with Gasteiger partial charge in [-0.1, -0.05) is 12.1 Å². The van der Waals surface area contributed by atoms with Gasteiger partial charge in [-0.25, -0.2) is 0 Å². The predicted molar refractivity (Wildman–Crippen MR) is 87.4 cm³/mol. The van der Waals surface area contributed by atoms with E-state index in [2.05, 4.69) is 41.7 Å². The van der Waals surface area contributed by atoms with Crippen molar-refractivity contribution < 1.29 is 13.2 Å². The molecule has 0 saturated heterocycles. The first-order valence-corrected chi connectivity index (χ1v) is 7.47. The molecule has 0 aliphatic heterocycles. The highest BCUT2D eigenvalue weighted by Gasteiger charge is 2.30. The average molecular weight is 330 g/mol. The van der Waals surface area contributed by atoms with E-state index >= 15 is 0 Å². The van der Waals surface area contributed by atoms with Crippen molar-refractivity contribution in [2.24, 2.45) is 4.99 Å². The zero-order chi connectivity index (χ0) is 17.5. The number of halogens is 3. The third kappa shape index (κ3) is 7.88. The third-order valence-electron chi connectivity index (χ3n) is 3.01. The molecule has 23 heavy (non-hydrogen) atoms. The quantitative estimate of drug-likeness (QED) is 0.442. The van der Waals surface area contributed by atoms with Crippen LogP contribution in [0.3, 0.4) is 0 Å². The van der Waals surface area contributed by atoms with Crippen LogP contribution >= 0.6 is 0 Å². The molecule has 0 aliphatic carbocycles. The maximum absolute atomic E-state index is 12.7. The molecule has 1 rings (SSSR count). The van der Waals surface area contributed by atoms with E-state index < -0.39 is 11.7 Å². The smallest absolute Gasteiger partial charge is 0.355 e. The second-order valence-electron chi connectivity index (χ2n) is 6.23. The Kier molecular flexibility index (Phi) is 6.87. The lowest BCUT2D eigenvalue weighted by molar-refractivity contribution is -0.137. The third-order valence-corrected chi connectivity index (χ3v) is 3.01. The summed E-state index contributed by atoms with van der Waals surface area (Å²) >= 11 is 0. The number of hydrogen-bond donors (Lipinski definition) is 3. The number of aliphatic imine (C=N–C) groups is 1. The van der Waals surface area contributed by atoms with E-state index in [9.17, 15) is 13.2 Å². The zero-order valence-corrected chi connectivity index (χ0v) is 14.0. The summed E-state index contributed by atoms with van der Waals surface area (Å²) < 4.78 is 38.0. The Morgan fingerprint density at radius 2 is 1.78 bits per heavy atom. The summed E-state index contributed by atoms with van der Waals surface area (Å²) in [4.78, 5) is 4.05. The Bertz CT molecular complexity index is 519. The summed E-state index contributed by atoms with van der Waals surface area (Å²) in [5, 5.41) is 9.45. The summed E-state index contributed by atoms with van der Waals surface area (Å²) in [5.41, 5.74) is -0.0545. The normalized spacial score (nSPS) is 13.1. The van der Waals surface area contributed by atoms with Crippen molar-refractivity contribution in [2.45, 2.75) is 39.0 Å². The molecule has 7 heteroatoms. The van der Waals surface area contributed by atoms with Crippen molar-refractivity contribution in [2.75, 3.05) is 20.1 Å². The first-order chi connectivity index (χ1) is 10.6. The fraction of sp³-hybridized carbons (Fsp3) is 0.562. The van der Waals surface area contributed by atoms with Crippen LogP contribution in [-0.2, 0) is 12.7 Å². The van der Waals surface area contributed by atoms with Gasteiger partial charge in [0.15, 0.2) is 5.96 Å². The van der Waals surface area contributed by atoms with Crippen molar-refractivity contribution in [3.8, 4) is 0 Å². The monoisotopic (exact) mass is 330 g/mol. The molecule has 0 saturated carbocycles. The van der Waals surface area contributed by atoms with Crippen LogP contribution in [0.25, 0.3) is 0 Å². The highest BCUT2D eigenvalue weighted by atomic mass is 19.4. The highest BCUT2D eigenvalue weighted by molar-refractivity contribution is 5.79. The molecule has 0 bridgehead atoms. The van der Waals surface area contributed by atoms with Crippen LogP contribution in [0, 0.1) is 0 Å². The van der Waals surface area contributed by atoms with Crippen molar-refractivity contribution in [3.63, 3.8) is 0 Å². The molecule has 0 heterocycles. The second-order valence-corrected chi connectivity index (χ2v) is 6.23. The van der Waals surface area contributed by atoms with Crippen molar-refractivity contribution >= 4 is 5.96 Å².